The molecule has 0 radical (unpaired) electrons. The minimum absolute atomic E-state index is 0.00962. The molecule has 1 aliphatic carbocycles. The Morgan fingerprint density at radius 2 is 2.19 bits per heavy atom. The number of aliphatic hydroxyl groups is 1. The molecule has 4 rings (SSSR count). The number of aromatic nitrogens is 2. The third kappa shape index (κ3) is 3.71. The Labute approximate surface area is 157 Å². The molecule has 5 atom stereocenters. The van der Waals surface area contributed by atoms with E-state index in [0.717, 1.165) is 24.3 Å². The highest BCUT2D eigenvalue weighted by molar-refractivity contribution is 5.24. The summed E-state index contributed by atoms with van der Waals surface area (Å²) in [7, 11) is 0. The third-order valence-electron chi connectivity index (χ3n) is 5.75. The van der Waals surface area contributed by atoms with Gasteiger partial charge in [-0.05, 0) is 25.5 Å². The number of aliphatic hydroxyl groups excluding tert-OH is 1. The predicted octanol–water partition coefficient (Wildman–Crippen LogP) is 1.79. The molecule has 0 bridgehead atoms. The average molecular weight is 380 g/mol. The molecule has 2 unspecified atom stereocenters. The molecule has 27 heavy (non-hydrogen) atoms. The maximum absolute atomic E-state index is 14.1. The quantitative estimate of drug-likeness (QED) is 0.833. The molecule has 0 aromatic carbocycles. The molecule has 0 saturated carbocycles. The van der Waals surface area contributed by atoms with Crippen LogP contribution in [0.1, 0.15) is 31.0 Å². The molecular weight excluding hydrogens is 354 g/mol. The second kappa shape index (κ2) is 7.43. The highest BCUT2D eigenvalue weighted by Gasteiger charge is 2.40. The summed E-state index contributed by atoms with van der Waals surface area (Å²) in [5, 5.41) is 14.0. The van der Waals surface area contributed by atoms with Crippen molar-refractivity contribution in [1.82, 2.24) is 14.7 Å². The van der Waals surface area contributed by atoms with E-state index in [1.54, 1.807) is 6.92 Å². The van der Waals surface area contributed by atoms with E-state index in [9.17, 15) is 13.9 Å². The summed E-state index contributed by atoms with van der Waals surface area (Å²) in [6.07, 6.45) is 3.92. The van der Waals surface area contributed by atoms with Crippen molar-refractivity contribution in [3.05, 3.63) is 41.3 Å². The van der Waals surface area contributed by atoms with Crippen LogP contribution in [0.2, 0.25) is 0 Å². The minimum Gasteiger partial charge on any atom is -0.391 e. The number of hydrogen-bond donors (Lipinski definition) is 2. The van der Waals surface area contributed by atoms with E-state index in [1.807, 2.05) is 10.9 Å². The van der Waals surface area contributed by atoms with Crippen molar-refractivity contribution in [3.63, 3.8) is 0 Å². The first kappa shape index (κ1) is 18.7. The Balaban J connectivity index is 1.39. The van der Waals surface area contributed by atoms with Crippen molar-refractivity contribution in [2.45, 2.75) is 63.7 Å². The van der Waals surface area contributed by atoms with E-state index in [0.29, 0.717) is 19.6 Å². The lowest BCUT2D eigenvalue weighted by Gasteiger charge is -2.41. The summed E-state index contributed by atoms with van der Waals surface area (Å²) in [5.74, 6) is -1.33. The maximum atomic E-state index is 14.1. The first-order valence-corrected chi connectivity index (χ1v) is 9.47. The van der Waals surface area contributed by atoms with E-state index < -0.39 is 18.1 Å². The molecule has 3 N–H and O–H groups in total. The lowest BCUT2D eigenvalue weighted by molar-refractivity contribution is -0.0730. The van der Waals surface area contributed by atoms with Gasteiger partial charge in [-0.2, -0.15) is 5.10 Å². The van der Waals surface area contributed by atoms with Gasteiger partial charge in [-0.25, -0.2) is 8.78 Å². The molecule has 8 heteroatoms. The fraction of sp³-hybridized carbons (Fsp3) is 0.632. The number of rotatable bonds is 4. The molecule has 3 aliphatic rings. The zero-order chi connectivity index (χ0) is 19.1. The standard InChI is InChI=1S/C19H26F2N4O2/c1-11(26)7-25-18-9-24(8-12(18)6-23-25)14-5-17(22)19(27-10-14)15-4-13(20)2-3-16(15)21/h2-3,6,11,14-15,17,19,26H,4-5,7-10,22H2,1H3/t11?,14-,15?,17+,19-/m1/s1. The fourth-order valence-corrected chi connectivity index (χ4v) is 4.37. The molecule has 1 saturated heterocycles. The number of fused-ring (bicyclic) bond motifs is 1. The number of allylic oxidation sites excluding steroid dienone is 3. The summed E-state index contributed by atoms with van der Waals surface area (Å²) in [5.41, 5.74) is 8.58. The van der Waals surface area contributed by atoms with Crippen LogP contribution in [0.5, 0.6) is 0 Å². The monoisotopic (exact) mass is 380 g/mol. The van der Waals surface area contributed by atoms with Crippen LogP contribution >= 0.6 is 0 Å². The van der Waals surface area contributed by atoms with Gasteiger partial charge in [0.2, 0.25) is 0 Å². The fourth-order valence-electron chi connectivity index (χ4n) is 4.37. The second-order valence-electron chi connectivity index (χ2n) is 7.88. The van der Waals surface area contributed by atoms with Gasteiger partial charge in [0, 0.05) is 43.1 Å². The highest BCUT2D eigenvalue weighted by Crippen LogP contribution is 2.36. The van der Waals surface area contributed by atoms with Crippen molar-refractivity contribution in [3.8, 4) is 0 Å². The van der Waals surface area contributed by atoms with Gasteiger partial charge in [0.05, 0.1) is 37.3 Å². The third-order valence-corrected chi connectivity index (χ3v) is 5.75. The molecule has 148 valence electrons. The summed E-state index contributed by atoms with van der Waals surface area (Å²) in [6.45, 7) is 4.14. The summed E-state index contributed by atoms with van der Waals surface area (Å²) >= 11 is 0. The molecule has 0 spiro atoms. The number of halogens is 2. The first-order chi connectivity index (χ1) is 12.9. The zero-order valence-electron chi connectivity index (χ0n) is 15.4. The van der Waals surface area contributed by atoms with E-state index in [1.165, 1.54) is 12.2 Å². The van der Waals surface area contributed by atoms with Crippen molar-refractivity contribution in [2.75, 3.05) is 6.61 Å². The van der Waals surface area contributed by atoms with E-state index in [-0.39, 0.29) is 30.2 Å². The van der Waals surface area contributed by atoms with Crippen LogP contribution in [-0.2, 0) is 24.4 Å². The van der Waals surface area contributed by atoms with Crippen LogP contribution in [0, 0.1) is 5.92 Å². The molecule has 2 aliphatic heterocycles. The van der Waals surface area contributed by atoms with E-state index >= 15 is 0 Å². The summed E-state index contributed by atoms with van der Waals surface area (Å²) in [4.78, 5) is 2.29. The molecular formula is C19H26F2N4O2. The Morgan fingerprint density at radius 1 is 1.37 bits per heavy atom. The Bertz CT molecular complexity index is 761. The Morgan fingerprint density at radius 3 is 2.93 bits per heavy atom. The number of nitrogens with zero attached hydrogens (tertiary/aromatic N) is 3. The van der Waals surface area contributed by atoms with Gasteiger partial charge in [0.1, 0.15) is 11.7 Å². The Hall–Kier alpha value is -1.61. The van der Waals surface area contributed by atoms with Crippen molar-refractivity contribution in [1.29, 1.82) is 0 Å². The lowest BCUT2D eigenvalue weighted by atomic mass is 9.85. The minimum atomic E-state index is -0.638. The summed E-state index contributed by atoms with van der Waals surface area (Å²) in [6, 6.07) is -0.226. The smallest absolute Gasteiger partial charge is 0.106 e. The molecule has 6 nitrogen and oxygen atoms in total. The number of ether oxygens (including phenoxy) is 1. The van der Waals surface area contributed by atoms with E-state index in [4.69, 9.17) is 10.5 Å². The van der Waals surface area contributed by atoms with Gasteiger partial charge in [0.15, 0.2) is 0 Å². The SMILES string of the molecule is CC(O)Cn1ncc2c1CN([C@H]1CO[C@H](C3CC(F)=CC=C3F)[C@@H](N)C1)C2. The van der Waals surface area contributed by atoms with Gasteiger partial charge in [-0.1, -0.05) is 0 Å². The molecule has 1 fully saturated rings. The molecule has 1 aromatic rings. The van der Waals surface area contributed by atoms with Gasteiger partial charge in [-0.3, -0.25) is 9.58 Å². The van der Waals surface area contributed by atoms with Gasteiger partial charge >= 0.3 is 0 Å². The normalized spacial score (nSPS) is 32.8. The van der Waals surface area contributed by atoms with Crippen LogP contribution in [0.25, 0.3) is 0 Å². The predicted molar refractivity (Wildman–Crippen MR) is 95.8 cm³/mol. The van der Waals surface area contributed by atoms with Crippen molar-refractivity contribution < 1.29 is 18.6 Å². The van der Waals surface area contributed by atoms with Crippen LogP contribution in [-0.4, -0.2) is 50.7 Å². The van der Waals surface area contributed by atoms with E-state index in [2.05, 4.69) is 10.00 Å². The van der Waals surface area contributed by atoms with Crippen molar-refractivity contribution in [2.24, 2.45) is 11.7 Å². The molecule has 3 heterocycles. The molecule has 1 aromatic heterocycles. The van der Waals surface area contributed by atoms with Gasteiger partial charge in [0.25, 0.3) is 0 Å². The Kier molecular flexibility index (Phi) is 5.15. The first-order valence-electron chi connectivity index (χ1n) is 9.47. The largest absolute Gasteiger partial charge is 0.391 e. The second-order valence-corrected chi connectivity index (χ2v) is 7.88. The number of nitrogens with two attached hydrogens (primary N) is 1. The van der Waals surface area contributed by atoms with Gasteiger partial charge < -0.3 is 15.6 Å². The average Bonchev–Trinajstić information content (AvgIpc) is 3.19. The number of hydrogen-bond acceptors (Lipinski definition) is 5. The topological polar surface area (TPSA) is 76.5 Å². The van der Waals surface area contributed by atoms with Crippen molar-refractivity contribution >= 4 is 0 Å². The summed E-state index contributed by atoms with van der Waals surface area (Å²) < 4.78 is 35.5. The van der Waals surface area contributed by atoms with Crippen LogP contribution < -0.4 is 5.73 Å². The van der Waals surface area contributed by atoms with Crippen LogP contribution in [0.4, 0.5) is 8.78 Å². The highest BCUT2D eigenvalue weighted by atomic mass is 19.1. The lowest BCUT2D eigenvalue weighted by Crippen LogP contribution is -2.53. The zero-order valence-corrected chi connectivity index (χ0v) is 15.4. The van der Waals surface area contributed by atoms with Crippen LogP contribution in [0.3, 0.4) is 0 Å². The maximum Gasteiger partial charge on any atom is 0.106 e. The van der Waals surface area contributed by atoms with Crippen LogP contribution in [0.15, 0.2) is 30.0 Å². The molecule has 0 amide bonds. The van der Waals surface area contributed by atoms with Gasteiger partial charge in [-0.15, -0.1) is 0 Å².